The van der Waals surface area contributed by atoms with Crippen molar-refractivity contribution in [2.45, 2.75) is 52.0 Å². The summed E-state index contributed by atoms with van der Waals surface area (Å²) in [6.07, 6.45) is 4.70. The van der Waals surface area contributed by atoms with Crippen LogP contribution in [0.1, 0.15) is 44.6 Å². The minimum Gasteiger partial charge on any atom is -0.362 e. The number of rotatable bonds is 9. The molecular weight excluding hydrogens is 392 g/mol. The van der Waals surface area contributed by atoms with E-state index in [4.69, 9.17) is 4.74 Å². The van der Waals surface area contributed by atoms with Crippen LogP contribution in [0.2, 0.25) is 0 Å². The second kappa shape index (κ2) is 10.1. The number of hydrogen-bond acceptors (Lipinski definition) is 7. The maximum atomic E-state index is 12.3. The van der Waals surface area contributed by atoms with E-state index in [1.165, 1.54) is 30.6 Å². The molecule has 0 radical (unpaired) electrons. The maximum absolute atomic E-state index is 12.3. The summed E-state index contributed by atoms with van der Waals surface area (Å²) in [4.78, 5) is 31.1. The van der Waals surface area contributed by atoms with Gasteiger partial charge >= 0.3 is 0 Å². The van der Waals surface area contributed by atoms with Crippen LogP contribution in [-0.4, -0.2) is 64.9 Å². The van der Waals surface area contributed by atoms with E-state index < -0.39 is 5.79 Å². The number of methoxy groups -OCH3 is 1. The summed E-state index contributed by atoms with van der Waals surface area (Å²) in [6.45, 7) is 9.79. The van der Waals surface area contributed by atoms with Crippen LogP contribution in [0.4, 0.5) is 5.13 Å². The molecule has 1 aromatic rings. The van der Waals surface area contributed by atoms with E-state index in [0.29, 0.717) is 29.3 Å². The first-order chi connectivity index (χ1) is 13.6. The molecule has 9 heteroatoms. The Labute approximate surface area is 175 Å². The van der Waals surface area contributed by atoms with E-state index in [9.17, 15) is 14.7 Å². The molecule has 0 aliphatic heterocycles. The van der Waals surface area contributed by atoms with Crippen molar-refractivity contribution in [3.05, 3.63) is 34.9 Å². The van der Waals surface area contributed by atoms with Crippen LogP contribution in [0, 0.1) is 0 Å². The maximum Gasteiger partial charge on any atom is 0.270 e. The minimum absolute atomic E-state index is 0.179. The Kier molecular flexibility index (Phi) is 8.09. The number of carbonyl (C=O) groups is 2. The van der Waals surface area contributed by atoms with E-state index in [-0.39, 0.29) is 23.9 Å². The van der Waals surface area contributed by atoms with Gasteiger partial charge < -0.3 is 15.2 Å². The largest absolute Gasteiger partial charge is 0.362 e. The number of carbonyl (C=O) groups excluding carboxylic acids is 2. The van der Waals surface area contributed by atoms with Gasteiger partial charge in [-0.25, -0.2) is 4.98 Å². The van der Waals surface area contributed by atoms with Crippen molar-refractivity contribution in [3.8, 4) is 0 Å². The fraction of sp³-hybridized carbons (Fsp3) is 0.550. The number of aliphatic hydroxyl groups is 1. The van der Waals surface area contributed by atoms with Gasteiger partial charge in [0.1, 0.15) is 5.69 Å². The van der Waals surface area contributed by atoms with Crippen LogP contribution >= 0.6 is 11.3 Å². The van der Waals surface area contributed by atoms with Crippen molar-refractivity contribution in [1.82, 2.24) is 15.2 Å². The van der Waals surface area contributed by atoms with Crippen LogP contribution < -0.4 is 10.6 Å². The first kappa shape index (κ1) is 23.2. The molecule has 160 valence electrons. The minimum atomic E-state index is -1.38. The summed E-state index contributed by atoms with van der Waals surface area (Å²) < 4.78 is 4.96. The van der Waals surface area contributed by atoms with Gasteiger partial charge in [-0.1, -0.05) is 6.08 Å². The lowest BCUT2D eigenvalue weighted by Crippen LogP contribution is -2.42. The molecule has 8 nitrogen and oxygen atoms in total. The highest BCUT2D eigenvalue weighted by atomic mass is 32.1. The average Bonchev–Trinajstić information content (AvgIpc) is 3.13. The van der Waals surface area contributed by atoms with Crippen molar-refractivity contribution in [3.63, 3.8) is 0 Å². The molecule has 3 N–H and O–H groups in total. The second-order valence-corrected chi connectivity index (χ2v) is 8.28. The predicted molar refractivity (Wildman–Crippen MR) is 114 cm³/mol. The number of amides is 2. The molecule has 1 aliphatic rings. The van der Waals surface area contributed by atoms with E-state index >= 15 is 0 Å². The molecule has 1 aromatic heterocycles. The highest BCUT2D eigenvalue weighted by Crippen LogP contribution is 2.23. The number of nitrogens with one attached hydrogen (secondary N) is 2. The van der Waals surface area contributed by atoms with Crippen LogP contribution in [0.3, 0.4) is 0 Å². The molecule has 0 spiro atoms. The summed E-state index contributed by atoms with van der Waals surface area (Å²) >= 11 is 1.18. The van der Waals surface area contributed by atoms with Gasteiger partial charge in [-0.15, -0.1) is 11.3 Å². The molecule has 2 rings (SSSR count). The number of ether oxygens (including phenoxy) is 1. The highest BCUT2D eigenvalue weighted by Gasteiger charge is 2.26. The third-order valence-corrected chi connectivity index (χ3v) is 5.45. The number of anilines is 1. The lowest BCUT2D eigenvalue weighted by atomic mass is 10.0. The zero-order valence-electron chi connectivity index (χ0n) is 17.6. The standard InChI is InChI=1S/C20H30N4O4S/c1-13(2)24(14(3)4)11-10-21-18(26)16-12-29-19(22-16)23-17(25)15-6-8-20(27,28-5)9-7-15/h6-8,12-14,27H,9-11H2,1-5H3,(H,21,26)(H,22,23,25). The second-order valence-electron chi connectivity index (χ2n) is 7.42. The van der Waals surface area contributed by atoms with Crippen LogP contribution in [0.15, 0.2) is 29.2 Å². The van der Waals surface area contributed by atoms with Crippen molar-refractivity contribution in [2.75, 3.05) is 25.5 Å². The fourth-order valence-electron chi connectivity index (χ4n) is 3.04. The van der Waals surface area contributed by atoms with Crippen LogP contribution in [0.25, 0.3) is 0 Å². The van der Waals surface area contributed by atoms with Crippen LogP contribution in [0.5, 0.6) is 0 Å². The van der Waals surface area contributed by atoms with E-state index in [1.807, 2.05) is 0 Å². The van der Waals surface area contributed by atoms with E-state index in [1.54, 1.807) is 11.5 Å². The van der Waals surface area contributed by atoms with Crippen LogP contribution in [-0.2, 0) is 9.53 Å². The zero-order chi connectivity index (χ0) is 21.6. The quantitative estimate of drug-likeness (QED) is 0.527. The van der Waals surface area contributed by atoms with Crippen molar-refractivity contribution in [2.24, 2.45) is 0 Å². The topological polar surface area (TPSA) is 104 Å². The van der Waals surface area contributed by atoms with Gasteiger partial charge in [0.2, 0.25) is 0 Å². The van der Waals surface area contributed by atoms with Gasteiger partial charge in [0.25, 0.3) is 11.8 Å². The first-order valence-electron chi connectivity index (χ1n) is 9.63. The predicted octanol–water partition coefficient (Wildman–Crippen LogP) is 2.15. The van der Waals surface area contributed by atoms with E-state index in [0.717, 1.165) is 6.54 Å². The Balaban J connectivity index is 1.86. The zero-order valence-corrected chi connectivity index (χ0v) is 18.4. The van der Waals surface area contributed by atoms with Crippen molar-refractivity contribution >= 4 is 28.3 Å². The summed E-state index contributed by atoms with van der Waals surface area (Å²) in [5.41, 5.74) is 0.670. The molecule has 2 amide bonds. The summed E-state index contributed by atoms with van der Waals surface area (Å²) in [5.74, 6) is -2.00. The fourth-order valence-corrected chi connectivity index (χ4v) is 3.72. The molecular formula is C20H30N4O4S. The summed E-state index contributed by atoms with van der Waals surface area (Å²) in [5, 5.41) is 17.5. The molecule has 1 aliphatic carbocycles. The SMILES string of the molecule is COC1(O)C=CC(C(=O)Nc2nc(C(=O)NCCN(C(C)C)C(C)C)cs2)=CC1. The molecule has 1 heterocycles. The monoisotopic (exact) mass is 422 g/mol. The Bertz CT molecular complexity index is 779. The molecule has 1 unspecified atom stereocenters. The van der Waals surface area contributed by atoms with Gasteiger partial charge in [0, 0.05) is 49.7 Å². The first-order valence-corrected chi connectivity index (χ1v) is 10.5. The van der Waals surface area contributed by atoms with E-state index in [2.05, 4.69) is 48.2 Å². The molecule has 0 bridgehead atoms. The van der Waals surface area contributed by atoms with Gasteiger partial charge in [-0.2, -0.15) is 0 Å². The van der Waals surface area contributed by atoms with Gasteiger partial charge in [-0.3, -0.25) is 19.8 Å². The molecule has 1 atom stereocenters. The highest BCUT2D eigenvalue weighted by molar-refractivity contribution is 7.14. The number of thiazole rings is 1. The molecule has 0 fully saturated rings. The van der Waals surface area contributed by atoms with Crippen molar-refractivity contribution < 1.29 is 19.4 Å². The molecule has 29 heavy (non-hydrogen) atoms. The Morgan fingerprint density at radius 1 is 1.31 bits per heavy atom. The Hall–Kier alpha value is -2.07. The summed E-state index contributed by atoms with van der Waals surface area (Å²) in [6, 6.07) is 0.798. The van der Waals surface area contributed by atoms with Crippen molar-refractivity contribution in [1.29, 1.82) is 0 Å². The normalized spacial score (nSPS) is 19.0. The molecule has 0 saturated carbocycles. The lowest BCUT2D eigenvalue weighted by Gasteiger charge is -2.30. The third kappa shape index (κ3) is 6.46. The third-order valence-electron chi connectivity index (χ3n) is 4.69. The molecule has 0 saturated heterocycles. The smallest absolute Gasteiger partial charge is 0.270 e. The average molecular weight is 423 g/mol. The lowest BCUT2D eigenvalue weighted by molar-refractivity contribution is -0.143. The number of nitrogens with zero attached hydrogens (tertiary/aromatic N) is 2. The number of aromatic nitrogens is 1. The Morgan fingerprint density at radius 3 is 2.55 bits per heavy atom. The molecule has 0 aromatic carbocycles. The van der Waals surface area contributed by atoms with Gasteiger partial charge in [0.15, 0.2) is 10.9 Å². The Morgan fingerprint density at radius 2 is 2.00 bits per heavy atom. The number of hydrogen-bond donors (Lipinski definition) is 3. The van der Waals surface area contributed by atoms with Gasteiger partial charge in [0.05, 0.1) is 0 Å². The summed E-state index contributed by atoms with van der Waals surface area (Å²) in [7, 11) is 1.40. The van der Waals surface area contributed by atoms with Gasteiger partial charge in [-0.05, 0) is 39.8 Å².